The second kappa shape index (κ2) is 14.8. The zero-order valence-corrected chi connectivity index (χ0v) is 16.4. The molecule has 0 aliphatic rings. The number of allylic oxidation sites excluding steroid dienone is 4. The maximum atomic E-state index is 11.5. The van der Waals surface area contributed by atoms with Crippen molar-refractivity contribution in [3.63, 3.8) is 0 Å². The molecule has 2 rings (SSSR count). The summed E-state index contributed by atoms with van der Waals surface area (Å²) in [5.74, 6) is -1.90. The van der Waals surface area contributed by atoms with Crippen LogP contribution in [0.4, 0.5) is 0 Å². The Hall–Kier alpha value is -4.25. The first-order chi connectivity index (χ1) is 14.5. The lowest BCUT2D eigenvalue weighted by Gasteiger charge is -1.93. The molecule has 2 aromatic carbocycles. The number of ether oxygens (including phenoxy) is 1. The van der Waals surface area contributed by atoms with E-state index in [-0.39, 0.29) is 0 Å². The Bertz CT molecular complexity index is 870. The molecular formula is C25H23NO4. The summed E-state index contributed by atoms with van der Waals surface area (Å²) in [6.07, 6.45) is 13.6. The first-order valence-electron chi connectivity index (χ1n) is 8.98. The van der Waals surface area contributed by atoms with E-state index in [1.165, 1.54) is 24.3 Å². The highest BCUT2D eigenvalue weighted by Gasteiger charge is 2.01. The first-order valence-corrected chi connectivity index (χ1v) is 8.98. The Balaban J connectivity index is 0.000000804. The monoisotopic (exact) mass is 401 g/mol. The third kappa shape index (κ3) is 12.2. The Morgan fingerprint density at radius 2 is 1.07 bits per heavy atom. The molecule has 2 aromatic rings. The van der Waals surface area contributed by atoms with E-state index < -0.39 is 17.8 Å². The van der Waals surface area contributed by atoms with Gasteiger partial charge in [-0.1, -0.05) is 104 Å². The number of carbonyl (C=O) groups excluding carboxylic acids is 3. The molecule has 0 heterocycles. The van der Waals surface area contributed by atoms with E-state index in [9.17, 15) is 14.4 Å². The van der Waals surface area contributed by atoms with Gasteiger partial charge >= 0.3 is 11.9 Å². The van der Waals surface area contributed by atoms with Gasteiger partial charge in [0.2, 0.25) is 5.91 Å². The summed E-state index contributed by atoms with van der Waals surface area (Å²) in [4.78, 5) is 32.5. The quantitative estimate of drug-likeness (QED) is 0.325. The largest absolute Gasteiger partial charge is 0.387 e. The van der Waals surface area contributed by atoms with Crippen LogP contribution in [-0.4, -0.2) is 17.8 Å². The lowest BCUT2D eigenvalue weighted by atomic mass is 10.2. The fraction of sp³-hybridized carbons (Fsp3) is 0. The van der Waals surface area contributed by atoms with E-state index in [0.717, 1.165) is 17.2 Å². The van der Waals surface area contributed by atoms with Crippen LogP contribution in [0, 0.1) is 0 Å². The molecule has 30 heavy (non-hydrogen) atoms. The number of hydrogen-bond donors (Lipinski definition) is 1. The minimum atomic E-state index is -0.709. The number of hydrogen-bond acceptors (Lipinski definition) is 4. The SMILES string of the molecule is C=CC(N)=O.O=C(C=CC=Cc1ccccc1)OC(=O)C=CC=Cc1ccccc1. The average molecular weight is 401 g/mol. The molecule has 0 spiro atoms. The predicted octanol–water partition coefficient (Wildman–Crippen LogP) is 4.25. The van der Waals surface area contributed by atoms with Crippen LogP contribution in [0.5, 0.6) is 0 Å². The van der Waals surface area contributed by atoms with Crippen LogP contribution in [0.15, 0.2) is 110 Å². The molecule has 5 nitrogen and oxygen atoms in total. The Labute approximate surface area is 176 Å². The number of amides is 1. The van der Waals surface area contributed by atoms with Crippen molar-refractivity contribution >= 4 is 30.0 Å². The van der Waals surface area contributed by atoms with E-state index in [1.807, 2.05) is 72.8 Å². The van der Waals surface area contributed by atoms with Gasteiger partial charge in [-0.25, -0.2) is 9.59 Å². The van der Waals surface area contributed by atoms with Crippen LogP contribution in [0.25, 0.3) is 12.2 Å². The van der Waals surface area contributed by atoms with Crippen molar-refractivity contribution in [3.05, 3.63) is 121 Å². The second-order valence-electron chi connectivity index (χ2n) is 5.60. The molecule has 0 aliphatic heterocycles. The summed E-state index contributed by atoms with van der Waals surface area (Å²) in [6.45, 7) is 3.09. The molecule has 0 aliphatic carbocycles. The van der Waals surface area contributed by atoms with E-state index >= 15 is 0 Å². The Kier molecular flexibility index (Phi) is 11.7. The zero-order chi connectivity index (χ0) is 22.0. The number of primary amides is 1. The maximum Gasteiger partial charge on any atom is 0.338 e. The minimum absolute atomic E-state index is 0.481. The van der Waals surface area contributed by atoms with E-state index in [4.69, 9.17) is 0 Å². The topological polar surface area (TPSA) is 86.5 Å². The van der Waals surface area contributed by atoms with Crippen molar-refractivity contribution < 1.29 is 19.1 Å². The summed E-state index contributed by atoms with van der Waals surface area (Å²) in [6, 6.07) is 19.3. The lowest BCUT2D eigenvalue weighted by Crippen LogP contribution is -2.06. The summed E-state index contributed by atoms with van der Waals surface area (Å²) in [5, 5.41) is 0. The third-order valence-electron chi connectivity index (χ3n) is 3.27. The van der Waals surface area contributed by atoms with E-state index in [0.29, 0.717) is 0 Å². The van der Waals surface area contributed by atoms with Gasteiger partial charge in [-0.05, 0) is 17.2 Å². The smallest absolute Gasteiger partial charge is 0.338 e. The Morgan fingerprint density at radius 1 is 0.700 bits per heavy atom. The molecule has 1 amide bonds. The molecule has 0 radical (unpaired) electrons. The van der Waals surface area contributed by atoms with Crippen molar-refractivity contribution in [2.24, 2.45) is 5.73 Å². The number of carbonyl (C=O) groups is 3. The van der Waals surface area contributed by atoms with Crippen LogP contribution in [0.1, 0.15) is 11.1 Å². The van der Waals surface area contributed by atoms with Crippen molar-refractivity contribution in [2.45, 2.75) is 0 Å². The van der Waals surface area contributed by atoms with Crippen molar-refractivity contribution in [2.75, 3.05) is 0 Å². The standard InChI is InChI=1S/C22H18O3.C3H5NO/c23-21(17-9-7-15-19-11-3-1-4-12-19)25-22(24)18-10-8-16-20-13-5-2-6-14-20;1-2-3(4)5/h1-18H;2H,1H2,(H2,4,5). The third-order valence-corrected chi connectivity index (χ3v) is 3.27. The van der Waals surface area contributed by atoms with Crippen LogP contribution in [0.2, 0.25) is 0 Å². The van der Waals surface area contributed by atoms with E-state index in [1.54, 1.807) is 12.2 Å². The summed E-state index contributed by atoms with van der Waals surface area (Å²) >= 11 is 0. The highest BCUT2D eigenvalue weighted by Crippen LogP contribution is 2.02. The molecule has 0 saturated carbocycles. The molecule has 0 fully saturated rings. The molecule has 5 heteroatoms. The molecule has 0 aromatic heterocycles. The number of rotatable bonds is 7. The lowest BCUT2D eigenvalue weighted by molar-refractivity contribution is -0.152. The minimum Gasteiger partial charge on any atom is -0.387 e. The van der Waals surface area contributed by atoms with Gasteiger partial charge in [0, 0.05) is 12.2 Å². The summed E-state index contributed by atoms with van der Waals surface area (Å²) < 4.78 is 4.64. The zero-order valence-electron chi connectivity index (χ0n) is 16.4. The van der Waals surface area contributed by atoms with Gasteiger partial charge in [0.15, 0.2) is 0 Å². The molecule has 0 unspecified atom stereocenters. The second-order valence-corrected chi connectivity index (χ2v) is 5.60. The molecule has 0 saturated heterocycles. The highest BCUT2D eigenvalue weighted by atomic mass is 16.6. The normalized spacial score (nSPS) is 10.8. The van der Waals surface area contributed by atoms with Gasteiger partial charge in [0.05, 0.1) is 0 Å². The molecule has 0 bridgehead atoms. The van der Waals surface area contributed by atoms with Gasteiger partial charge in [0.25, 0.3) is 0 Å². The van der Waals surface area contributed by atoms with Gasteiger partial charge < -0.3 is 10.5 Å². The van der Waals surface area contributed by atoms with Gasteiger partial charge in [-0.15, -0.1) is 0 Å². The number of nitrogens with two attached hydrogens (primary N) is 1. The predicted molar refractivity (Wildman–Crippen MR) is 120 cm³/mol. The van der Waals surface area contributed by atoms with Gasteiger partial charge in [-0.3, -0.25) is 4.79 Å². The van der Waals surface area contributed by atoms with Gasteiger partial charge in [-0.2, -0.15) is 0 Å². The number of benzene rings is 2. The van der Waals surface area contributed by atoms with Crippen LogP contribution >= 0.6 is 0 Å². The molecule has 152 valence electrons. The van der Waals surface area contributed by atoms with Crippen LogP contribution < -0.4 is 5.73 Å². The van der Waals surface area contributed by atoms with E-state index in [2.05, 4.69) is 17.0 Å². The van der Waals surface area contributed by atoms with Crippen molar-refractivity contribution in [3.8, 4) is 0 Å². The molecular weight excluding hydrogens is 378 g/mol. The first kappa shape index (κ1) is 23.8. The summed E-state index contributed by atoms with van der Waals surface area (Å²) in [7, 11) is 0. The summed E-state index contributed by atoms with van der Waals surface area (Å²) in [5.41, 5.74) is 6.57. The van der Waals surface area contributed by atoms with Crippen LogP contribution in [-0.2, 0) is 19.1 Å². The van der Waals surface area contributed by atoms with Crippen LogP contribution in [0.3, 0.4) is 0 Å². The highest BCUT2D eigenvalue weighted by molar-refractivity contribution is 5.96. The fourth-order valence-corrected chi connectivity index (χ4v) is 1.90. The fourth-order valence-electron chi connectivity index (χ4n) is 1.90. The van der Waals surface area contributed by atoms with Crippen molar-refractivity contribution in [1.82, 2.24) is 0 Å². The van der Waals surface area contributed by atoms with Gasteiger partial charge in [0.1, 0.15) is 0 Å². The molecule has 0 atom stereocenters. The maximum absolute atomic E-state index is 11.5. The number of esters is 2. The average Bonchev–Trinajstić information content (AvgIpc) is 2.76. The van der Waals surface area contributed by atoms with Crippen molar-refractivity contribution in [1.29, 1.82) is 0 Å². The molecule has 2 N–H and O–H groups in total. The Morgan fingerprint density at radius 3 is 1.40 bits per heavy atom.